The average molecular weight is 436 g/mol. The van der Waals surface area contributed by atoms with Gasteiger partial charge in [0.05, 0.1) is 13.2 Å². The van der Waals surface area contributed by atoms with Crippen molar-refractivity contribution in [2.24, 2.45) is 11.8 Å². The van der Waals surface area contributed by atoms with Crippen molar-refractivity contribution in [3.8, 4) is 16.9 Å². The quantitative estimate of drug-likeness (QED) is 0.600. The van der Waals surface area contributed by atoms with E-state index in [-0.39, 0.29) is 5.91 Å². The minimum Gasteiger partial charge on any atom is -0.493 e. The van der Waals surface area contributed by atoms with Crippen LogP contribution in [0.1, 0.15) is 72.9 Å². The number of aryl methyl sites for hydroxylation is 1. The predicted octanol–water partition coefficient (Wildman–Crippen LogP) is 6.30. The van der Waals surface area contributed by atoms with Gasteiger partial charge in [-0.25, -0.2) is 0 Å². The van der Waals surface area contributed by atoms with Crippen LogP contribution < -0.4 is 10.1 Å². The summed E-state index contributed by atoms with van der Waals surface area (Å²) in [5, 5.41) is 2.69. The minimum atomic E-state index is -0.0611. The first-order valence-corrected chi connectivity index (χ1v) is 12.3. The Kier molecular flexibility index (Phi) is 7.85. The Bertz CT molecular complexity index is 919. The van der Waals surface area contributed by atoms with E-state index in [1.54, 1.807) is 7.05 Å². The second-order valence-corrected chi connectivity index (χ2v) is 9.50. The Morgan fingerprint density at radius 2 is 1.75 bits per heavy atom. The van der Waals surface area contributed by atoms with E-state index in [2.05, 4.69) is 30.4 Å². The topological polar surface area (TPSA) is 47.6 Å². The van der Waals surface area contributed by atoms with Crippen molar-refractivity contribution in [3.63, 3.8) is 0 Å². The molecular weight excluding hydrogens is 398 g/mol. The van der Waals surface area contributed by atoms with Crippen LogP contribution in [0.25, 0.3) is 11.1 Å². The summed E-state index contributed by atoms with van der Waals surface area (Å²) in [7, 11) is 1.66. The normalized spacial score (nSPS) is 19.8. The van der Waals surface area contributed by atoms with Crippen LogP contribution in [0.15, 0.2) is 36.4 Å². The van der Waals surface area contributed by atoms with Gasteiger partial charge in [0.1, 0.15) is 5.75 Å². The molecule has 32 heavy (non-hydrogen) atoms. The molecule has 0 radical (unpaired) electrons. The van der Waals surface area contributed by atoms with Crippen molar-refractivity contribution in [1.82, 2.24) is 5.32 Å². The van der Waals surface area contributed by atoms with E-state index < -0.39 is 0 Å². The van der Waals surface area contributed by atoms with Crippen LogP contribution in [-0.4, -0.2) is 26.2 Å². The third-order valence-corrected chi connectivity index (χ3v) is 7.24. The molecule has 1 saturated carbocycles. The molecule has 4 rings (SSSR count). The highest BCUT2D eigenvalue weighted by Gasteiger charge is 2.20. The number of nitrogens with one attached hydrogen (secondary N) is 1. The van der Waals surface area contributed by atoms with Gasteiger partial charge in [-0.2, -0.15) is 0 Å². The first-order valence-electron chi connectivity index (χ1n) is 12.3. The molecule has 0 bridgehead atoms. The Balaban J connectivity index is 1.45. The number of amides is 1. The Labute approximate surface area is 192 Å². The van der Waals surface area contributed by atoms with Crippen LogP contribution in [0.4, 0.5) is 0 Å². The summed E-state index contributed by atoms with van der Waals surface area (Å²) in [4.78, 5) is 11.9. The van der Waals surface area contributed by atoms with Crippen molar-refractivity contribution in [2.45, 2.75) is 64.9 Å². The molecule has 1 heterocycles. The Morgan fingerprint density at radius 3 is 2.47 bits per heavy atom. The number of benzene rings is 2. The van der Waals surface area contributed by atoms with E-state index in [0.717, 1.165) is 65.9 Å². The standard InChI is InChI=1S/C28H37NO3/c1-20-17-24(28(30)29-2)10-12-26(20)23-11-13-27-25(18-23)19-31-15-4-7-22(14-16-32-27)9-8-21-5-3-6-21/h10-13,17-18,21-22H,3-9,14-16,19H2,1-2H3,(H,29,30). The van der Waals surface area contributed by atoms with Crippen LogP contribution in [0, 0.1) is 18.8 Å². The molecule has 172 valence electrons. The summed E-state index contributed by atoms with van der Waals surface area (Å²) in [6.07, 6.45) is 10.6. The summed E-state index contributed by atoms with van der Waals surface area (Å²) in [6.45, 7) is 4.21. The Morgan fingerprint density at radius 1 is 0.969 bits per heavy atom. The molecule has 4 heteroatoms. The SMILES string of the molecule is CNC(=O)c1ccc(-c2ccc3c(c2)COCCCC(CCC2CCC2)CCO3)c(C)c1. The maximum Gasteiger partial charge on any atom is 0.251 e. The van der Waals surface area contributed by atoms with Gasteiger partial charge < -0.3 is 14.8 Å². The lowest BCUT2D eigenvalue weighted by molar-refractivity contribution is 0.0963. The zero-order valence-electron chi connectivity index (χ0n) is 19.6. The van der Waals surface area contributed by atoms with Crippen LogP contribution >= 0.6 is 0 Å². The monoisotopic (exact) mass is 435 g/mol. The van der Waals surface area contributed by atoms with Crippen molar-refractivity contribution >= 4 is 5.91 Å². The minimum absolute atomic E-state index is 0.0611. The first kappa shape index (κ1) is 22.8. The van der Waals surface area contributed by atoms with Crippen molar-refractivity contribution in [2.75, 3.05) is 20.3 Å². The molecule has 1 amide bonds. The lowest BCUT2D eigenvalue weighted by Crippen LogP contribution is -2.17. The maximum absolute atomic E-state index is 11.9. The number of fused-ring (bicyclic) bond motifs is 1. The van der Waals surface area contributed by atoms with Crippen LogP contribution in [0.5, 0.6) is 5.75 Å². The van der Waals surface area contributed by atoms with Gasteiger partial charge >= 0.3 is 0 Å². The zero-order valence-corrected chi connectivity index (χ0v) is 19.6. The fourth-order valence-electron chi connectivity index (χ4n) is 4.95. The number of carbonyl (C=O) groups excluding carboxylic acids is 1. The van der Waals surface area contributed by atoms with E-state index in [1.807, 2.05) is 18.2 Å². The van der Waals surface area contributed by atoms with Gasteiger partial charge in [0.25, 0.3) is 5.91 Å². The van der Waals surface area contributed by atoms with Crippen LogP contribution in [-0.2, 0) is 11.3 Å². The molecule has 1 unspecified atom stereocenters. The molecule has 4 nitrogen and oxygen atoms in total. The molecule has 0 spiro atoms. The predicted molar refractivity (Wildman–Crippen MR) is 129 cm³/mol. The molecule has 1 aliphatic carbocycles. The third kappa shape index (κ3) is 5.72. The number of carbonyl (C=O) groups is 1. The van der Waals surface area contributed by atoms with E-state index >= 15 is 0 Å². The molecule has 2 aliphatic rings. The number of rotatable bonds is 5. The van der Waals surface area contributed by atoms with E-state index in [1.165, 1.54) is 38.5 Å². The highest BCUT2D eigenvalue weighted by atomic mass is 16.5. The van der Waals surface area contributed by atoms with Gasteiger partial charge in [0, 0.05) is 24.8 Å². The number of hydrogen-bond donors (Lipinski definition) is 1. The van der Waals surface area contributed by atoms with Gasteiger partial charge in [-0.3, -0.25) is 4.79 Å². The second-order valence-electron chi connectivity index (χ2n) is 9.50. The summed E-state index contributed by atoms with van der Waals surface area (Å²) in [6, 6.07) is 12.2. The molecule has 0 saturated heterocycles. The van der Waals surface area contributed by atoms with Gasteiger partial charge in [-0.05, 0) is 79.0 Å². The fourth-order valence-corrected chi connectivity index (χ4v) is 4.95. The van der Waals surface area contributed by atoms with E-state index in [9.17, 15) is 4.79 Å². The first-order chi connectivity index (χ1) is 15.6. The summed E-state index contributed by atoms with van der Waals surface area (Å²) >= 11 is 0. The second kappa shape index (κ2) is 11.0. The van der Waals surface area contributed by atoms with Gasteiger partial charge in [0.2, 0.25) is 0 Å². The van der Waals surface area contributed by atoms with Crippen LogP contribution in [0.3, 0.4) is 0 Å². The molecule has 1 atom stereocenters. The molecule has 2 aromatic rings. The molecule has 2 aromatic carbocycles. The fraction of sp³-hybridized carbons (Fsp3) is 0.536. The third-order valence-electron chi connectivity index (χ3n) is 7.24. The molecule has 1 N–H and O–H groups in total. The number of ether oxygens (including phenoxy) is 2. The van der Waals surface area contributed by atoms with Gasteiger partial charge in [-0.1, -0.05) is 44.2 Å². The summed E-state index contributed by atoms with van der Waals surface area (Å²) in [5.74, 6) is 2.61. The highest BCUT2D eigenvalue weighted by molar-refractivity contribution is 5.94. The highest BCUT2D eigenvalue weighted by Crippen LogP contribution is 2.34. The lowest BCUT2D eigenvalue weighted by atomic mass is 9.79. The van der Waals surface area contributed by atoms with Crippen molar-refractivity contribution in [1.29, 1.82) is 0 Å². The van der Waals surface area contributed by atoms with Crippen molar-refractivity contribution < 1.29 is 14.3 Å². The largest absolute Gasteiger partial charge is 0.493 e. The summed E-state index contributed by atoms with van der Waals surface area (Å²) in [5.41, 5.74) is 5.13. The molecule has 0 aromatic heterocycles. The lowest BCUT2D eigenvalue weighted by Gasteiger charge is -2.27. The average Bonchev–Trinajstić information content (AvgIpc) is 2.81. The smallest absolute Gasteiger partial charge is 0.251 e. The summed E-state index contributed by atoms with van der Waals surface area (Å²) < 4.78 is 12.3. The van der Waals surface area contributed by atoms with Crippen molar-refractivity contribution in [3.05, 3.63) is 53.1 Å². The Hall–Kier alpha value is -2.33. The van der Waals surface area contributed by atoms with Crippen LogP contribution in [0.2, 0.25) is 0 Å². The molecule has 1 aliphatic heterocycles. The molecular formula is C28H37NO3. The van der Waals surface area contributed by atoms with Gasteiger partial charge in [0.15, 0.2) is 0 Å². The molecule has 1 fully saturated rings. The maximum atomic E-state index is 11.9. The number of hydrogen-bond acceptors (Lipinski definition) is 3. The van der Waals surface area contributed by atoms with E-state index in [0.29, 0.717) is 12.2 Å². The van der Waals surface area contributed by atoms with Gasteiger partial charge in [-0.15, -0.1) is 0 Å². The van der Waals surface area contributed by atoms with E-state index in [4.69, 9.17) is 9.47 Å². The zero-order chi connectivity index (χ0) is 22.3.